The first-order chi connectivity index (χ1) is 6.16. The van der Waals surface area contributed by atoms with Crippen molar-refractivity contribution in [3.8, 4) is 0 Å². The Kier molecular flexibility index (Phi) is 3.25. The van der Waals surface area contributed by atoms with Gasteiger partial charge in [-0.25, -0.2) is 4.79 Å². The van der Waals surface area contributed by atoms with Gasteiger partial charge in [-0.3, -0.25) is 4.79 Å². The van der Waals surface area contributed by atoms with Crippen molar-refractivity contribution < 1.29 is 14.7 Å². The van der Waals surface area contributed by atoms with Gasteiger partial charge in [0.2, 0.25) is 0 Å². The summed E-state index contributed by atoms with van der Waals surface area (Å²) in [5.74, 6) is -1.42. The molecule has 1 aliphatic heterocycles. The summed E-state index contributed by atoms with van der Waals surface area (Å²) in [5.41, 5.74) is 0. The van der Waals surface area contributed by atoms with Gasteiger partial charge in [0.15, 0.2) is 0 Å². The quantitative estimate of drug-likeness (QED) is 0.657. The Labute approximate surface area is 80.1 Å². The van der Waals surface area contributed by atoms with Gasteiger partial charge in [0, 0.05) is 18.3 Å². The molecular weight excluding hydrogens is 196 g/mol. The molecule has 1 fully saturated rings. The van der Waals surface area contributed by atoms with Crippen LogP contribution >= 0.6 is 11.8 Å². The van der Waals surface area contributed by atoms with Crippen molar-refractivity contribution in [2.45, 2.75) is 18.9 Å². The molecule has 1 aliphatic rings. The maximum absolute atomic E-state index is 11.2. The highest BCUT2D eigenvalue weighted by Crippen LogP contribution is 2.16. The molecule has 13 heavy (non-hydrogen) atoms. The summed E-state index contributed by atoms with van der Waals surface area (Å²) < 4.78 is 3.04. The number of hydrogen-bond donors (Lipinski definition) is 1. The highest BCUT2D eigenvalue weighted by atomic mass is 35.5. The number of rotatable bonds is 2. The first kappa shape index (κ1) is 9.98. The Morgan fingerprint density at radius 3 is 2.85 bits per heavy atom. The summed E-state index contributed by atoms with van der Waals surface area (Å²) in [6.07, 6.45) is 2.12. The summed E-state index contributed by atoms with van der Waals surface area (Å²) >= 11 is 4.98. The topological polar surface area (TPSA) is 70.0 Å². The second kappa shape index (κ2) is 4.23. The van der Waals surface area contributed by atoms with E-state index >= 15 is 0 Å². The van der Waals surface area contributed by atoms with Crippen LogP contribution in [0.25, 0.3) is 0 Å². The maximum Gasteiger partial charge on any atom is 0.326 e. The van der Waals surface area contributed by atoms with Crippen LogP contribution in [-0.2, 0) is 9.59 Å². The van der Waals surface area contributed by atoms with E-state index in [0.29, 0.717) is 19.4 Å². The number of carboxylic acid groups (broad SMARTS) is 1. The van der Waals surface area contributed by atoms with Crippen molar-refractivity contribution in [1.82, 2.24) is 4.90 Å². The highest BCUT2D eigenvalue weighted by Gasteiger charge is 2.32. The molecule has 1 heterocycles. The van der Waals surface area contributed by atoms with Crippen LogP contribution in [0.3, 0.4) is 0 Å². The average Bonchev–Trinajstić information content (AvgIpc) is 2.52. The van der Waals surface area contributed by atoms with Crippen LogP contribution in [0.2, 0.25) is 0 Å². The lowest BCUT2D eigenvalue weighted by Gasteiger charge is -2.18. The Hall–Kier alpha value is -1.10. The second-order valence-electron chi connectivity index (χ2n) is 2.75. The summed E-state index contributed by atoms with van der Waals surface area (Å²) in [7, 11) is 0. The van der Waals surface area contributed by atoms with E-state index in [1.165, 1.54) is 4.90 Å². The van der Waals surface area contributed by atoms with Crippen LogP contribution in [0.4, 0.5) is 0 Å². The molecule has 1 N–H and O–H groups in total. The van der Waals surface area contributed by atoms with Crippen LogP contribution in [-0.4, -0.2) is 40.7 Å². The molecule has 0 bridgehead atoms. The van der Waals surface area contributed by atoms with E-state index in [-0.39, 0.29) is 0 Å². The number of likely N-dealkylation sites (tertiary alicyclic amines) is 1. The SMILES string of the molecule is O=C(O)[C@@H]1CCCN1C(=O)/C=N/Cl. The van der Waals surface area contributed by atoms with Crippen molar-refractivity contribution >= 4 is 29.9 Å². The first-order valence-electron chi connectivity index (χ1n) is 3.84. The Morgan fingerprint density at radius 1 is 1.62 bits per heavy atom. The van der Waals surface area contributed by atoms with Crippen LogP contribution in [0, 0.1) is 0 Å². The summed E-state index contributed by atoms with van der Waals surface area (Å²) in [6.45, 7) is 0.457. The second-order valence-corrected chi connectivity index (χ2v) is 2.95. The number of carboxylic acids is 1. The van der Waals surface area contributed by atoms with E-state index in [4.69, 9.17) is 16.9 Å². The highest BCUT2D eigenvalue weighted by molar-refractivity contribution is 6.33. The molecule has 5 nitrogen and oxygen atoms in total. The Bertz CT molecular complexity index is 254. The number of carbonyl (C=O) groups is 2. The predicted octanol–water partition coefficient (Wildman–Crippen LogP) is 0.287. The van der Waals surface area contributed by atoms with Crippen molar-refractivity contribution in [3.05, 3.63) is 0 Å². The molecule has 1 rings (SSSR count). The largest absolute Gasteiger partial charge is 0.480 e. The maximum atomic E-state index is 11.2. The normalized spacial score (nSPS) is 22.5. The number of halogens is 1. The summed E-state index contributed by atoms with van der Waals surface area (Å²) in [6, 6.07) is -0.720. The number of carbonyl (C=O) groups excluding carboxylic acids is 1. The van der Waals surface area contributed by atoms with Gasteiger partial charge in [-0.1, -0.05) is 0 Å². The zero-order chi connectivity index (χ0) is 9.84. The number of amides is 1. The fraction of sp³-hybridized carbons (Fsp3) is 0.571. The fourth-order valence-corrected chi connectivity index (χ4v) is 1.49. The first-order valence-corrected chi connectivity index (χ1v) is 4.18. The van der Waals surface area contributed by atoms with Gasteiger partial charge < -0.3 is 10.0 Å². The van der Waals surface area contributed by atoms with Gasteiger partial charge in [0.25, 0.3) is 5.91 Å². The van der Waals surface area contributed by atoms with Gasteiger partial charge in [-0.15, -0.1) is 0 Å². The minimum absolute atomic E-state index is 0.445. The van der Waals surface area contributed by atoms with Gasteiger partial charge >= 0.3 is 5.97 Å². The molecule has 0 radical (unpaired) electrons. The molecule has 1 saturated heterocycles. The molecule has 0 unspecified atom stereocenters. The Morgan fingerprint density at radius 2 is 2.31 bits per heavy atom. The lowest BCUT2D eigenvalue weighted by Crippen LogP contribution is -2.40. The minimum Gasteiger partial charge on any atom is -0.480 e. The molecule has 0 aromatic rings. The van der Waals surface area contributed by atoms with E-state index in [2.05, 4.69) is 4.51 Å². The van der Waals surface area contributed by atoms with Gasteiger partial charge in [-0.05, 0) is 12.8 Å². The zero-order valence-corrected chi connectivity index (χ0v) is 7.57. The third-order valence-corrected chi connectivity index (χ3v) is 2.08. The standard InChI is InChI=1S/C7H9ClN2O3/c8-9-4-6(11)10-3-1-2-5(10)7(12)13/h4-5H,1-3H2,(H,12,13)/b9-4+/t5-/m0/s1. The van der Waals surface area contributed by atoms with E-state index in [1.807, 2.05) is 0 Å². The molecule has 0 aromatic heterocycles. The van der Waals surface area contributed by atoms with E-state index in [0.717, 1.165) is 6.21 Å². The molecule has 72 valence electrons. The van der Waals surface area contributed by atoms with Crippen molar-refractivity contribution in [3.63, 3.8) is 0 Å². The Balaban J connectivity index is 2.68. The molecule has 0 aromatic carbocycles. The predicted molar refractivity (Wildman–Crippen MR) is 46.7 cm³/mol. The van der Waals surface area contributed by atoms with Gasteiger partial charge in [0.05, 0.1) is 0 Å². The molecule has 0 spiro atoms. The van der Waals surface area contributed by atoms with Crippen molar-refractivity contribution in [2.24, 2.45) is 4.51 Å². The fourth-order valence-electron chi connectivity index (χ4n) is 1.40. The molecule has 1 amide bonds. The van der Waals surface area contributed by atoms with E-state index in [1.54, 1.807) is 0 Å². The average molecular weight is 205 g/mol. The van der Waals surface area contributed by atoms with Crippen LogP contribution < -0.4 is 0 Å². The third-order valence-electron chi connectivity index (χ3n) is 1.98. The third kappa shape index (κ3) is 2.18. The molecule has 0 aliphatic carbocycles. The lowest BCUT2D eigenvalue weighted by atomic mass is 10.2. The van der Waals surface area contributed by atoms with Gasteiger partial charge in [0.1, 0.15) is 12.3 Å². The molecular formula is C7H9ClN2O3. The summed E-state index contributed by atoms with van der Waals surface area (Å²) in [5, 5.41) is 8.73. The van der Waals surface area contributed by atoms with Crippen LogP contribution in [0.5, 0.6) is 0 Å². The van der Waals surface area contributed by atoms with E-state index < -0.39 is 17.9 Å². The van der Waals surface area contributed by atoms with Crippen LogP contribution in [0.15, 0.2) is 4.51 Å². The van der Waals surface area contributed by atoms with Gasteiger partial charge in [-0.2, -0.15) is 4.51 Å². The van der Waals surface area contributed by atoms with E-state index in [9.17, 15) is 9.59 Å². The number of aliphatic carboxylic acids is 1. The lowest BCUT2D eigenvalue weighted by molar-refractivity contribution is -0.145. The number of hydrogen-bond acceptors (Lipinski definition) is 3. The molecule has 6 heteroatoms. The van der Waals surface area contributed by atoms with Crippen LogP contribution in [0.1, 0.15) is 12.8 Å². The smallest absolute Gasteiger partial charge is 0.326 e. The zero-order valence-electron chi connectivity index (χ0n) is 6.81. The summed E-state index contributed by atoms with van der Waals surface area (Å²) in [4.78, 5) is 23.1. The minimum atomic E-state index is -0.978. The molecule has 0 saturated carbocycles. The van der Waals surface area contributed by atoms with Crippen molar-refractivity contribution in [2.75, 3.05) is 6.54 Å². The van der Waals surface area contributed by atoms with Crippen molar-refractivity contribution in [1.29, 1.82) is 0 Å². The molecule has 1 atom stereocenters. The number of nitrogens with zero attached hydrogens (tertiary/aromatic N) is 2. The monoisotopic (exact) mass is 204 g/mol.